The standard InChI is InChI=1S/C22H24F3N7O3/c1-21(2,12-34-3)32-8-7-15(29-32)20(33)27-10-18-28-19(30-35-18)17-9-13-14(26)5-4-6-16(13)31(17)11-22(23,24)25/h4-9H,10-12,26H2,1-3H3,(H,27,33). The van der Waals surface area contributed by atoms with Gasteiger partial charge in [0, 0.05) is 24.4 Å². The number of hydrogen-bond donors (Lipinski definition) is 2. The highest BCUT2D eigenvalue weighted by Crippen LogP contribution is 2.33. The molecule has 0 saturated heterocycles. The second kappa shape index (κ2) is 9.06. The highest BCUT2D eigenvalue weighted by molar-refractivity contribution is 5.95. The molecule has 0 aliphatic carbocycles. The average molecular weight is 491 g/mol. The monoisotopic (exact) mass is 491 g/mol. The molecular formula is C22H24F3N7O3. The van der Waals surface area contributed by atoms with E-state index < -0.39 is 24.2 Å². The number of rotatable bonds is 8. The van der Waals surface area contributed by atoms with Gasteiger partial charge in [0.15, 0.2) is 0 Å². The fourth-order valence-electron chi connectivity index (χ4n) is 3.72. The third-order valence-corrected chi connectivity index (χ3v) is 5.35. The Morgan fingerprint density at radius 2 is 2.03 bits per heavy atom. The first kappa shape index (κ1) is 24.3. The Kier molecular flexibility index (Phi) is 6.28. The number of ether oxygens (including phenoxy) is 1. The van der Waals surface area contributed by atoms with Crippen LogP contribution in [0.4, 0.5) is 18.9 Å². The number of alkyl halides is 3. The Morgan fingerprint density at radius 1 is 1.26 bits per heavy atom. The van der Waals surface area contributed by atoms with Gasteiger partial charge in [0.2, 0.25) is 11.7 Å². The lowest BCUT2D eigenvalue weighted by Crippen LogP contribution is -2.32. The van der Waals surface area contributed by atoms with Crippen LogP contribution in [0.15, 0.2) is 41.1 Å². The Balaban J connectivity index is 1.52. The summed E-state index contributed by atoms with van der Waals surface area (Å²) in [4.78, 5) is 16.7. The molecule has 4 aromatic rings. The van der Waals surface area contributed by atoms with Gasteiger partial charge in [-0.2, -0.15) is 23.3 Å². The molecule has 0 saturated carbocycles. The van der Waals surface area contributed by atoms with Gasteiger partial charge in [0.1, 0.15) is 12.2 Å². The molecule has 0 unspecified atom stereocenters. The maximum Gasteiger partial charge on any atom is 0.406 e. The number of carbonyl (C=O) groups excluding carboxylic acids is 1. The number of amides is 1. The largest absolute Gasteiger partial charge is 0.406 e. The van der Waals surface area contributed by atoms with E-state index in [4.69, 9.17) is 15.0 Å². The van der Waals surface area contributed by atoms with E-state index in [0.717, 1.165) is 4.57 Å². The van der Waals surface area contributed by atoms with Crippen LogP contribution in [0.2, 0.25) is 0 Å². The molecule has 186 valence electrons. The van der Waals surface area contributed by atoms with Crippen molar-refractivity contribution in [1.82, 2.24) is 29.8 Å². The minimum absolute atomic E-state index is 0.0179. The van der Waals surface area contributed by atoms with E-state index in [1.165, 1.54) is 12.1 Å². The number of nitrogens with one attached hydrogen (secondary N) is 1. The Hall–Kier alpha value is -3.87. The number of nitrogen functional groups attached to an aromatic ring is 1. The molecule has 0 aliphatic rings. The topological polar surface area (TPSA) is 126 Å². The molecular weight excluding hydrogens is 467 g/mol. The number of methoxy groups -OCH3 is 1. The molecule has 10 nitrogen and oxygen atoms in total. The van der Waals surface area contributed by atoms with Crippen molar-refractivity contribution in [1.29, 1.82) is 0 Å². The van der Waals surface area contributed by atoms with E-state index in [2.05, 4.69) is 20.6 Å². The Morgan fingerprint density at radius 3 is 2.74 bits per heavy atom. The summed E-state index contributed by atoms with van der Waals surface area (Å²) in [6, 6.07) is 7.75. The lowest BCUT2D eigenvalue weighted by atomic mass is 10.1. The van der Waals surface area contributed by atoms with E-state index in [9.17, 15) is 18.0 Å². The summed E-state index contributed by atoms with van der Waals surface area (Å²) in [6.07, 6.45) is -2.81. The fraction of sp³-hybridized carbons (Fsp3) is 0.364. The zero-order valence-corrected chi connectivity index (χ0v) is 19.3. The lowest BCUT2D eigenvalue weighted by molar-refractivity contribution is -0.139. The van der Waals surface area contributed by atoms with Crippen molar-refractivity contribution in [2.45, 2.75) is 38.7 Å². The van der Waals surface area contributed by atoms with Crippen LogP contribution in [-0.4, -0.2) is 50.3 Å². The lowest BCUT2D eigenvalue weighted by Gasteiger charge is -2.24. The van der Waals surface area contributed by atoms with E-state index in [-0.39, 0.29) is 29.6 Å². The molecule has 3 aromatic heterocycles. The van der Waals surface area contributed by atoms with Crippen LogP contribution >= 0.6 is 0 Å². The number of carbonyl (C=O) groups is 1. The molecule has 3 heterocycles. The predicted molar refractivity (Wildman–Crippen MR) is 120 cm³/mol. The summed E-state index contributed by atoms with van der Waals surface area (Å²) in [6.45, 7) is 2.84. The van der Waals surface area contributed by atoms with Crippen LogP contribution in [0.1, 0.15) is 30.2 Å². The Labute approximate surface area is 197 Å². The third-order valence-electron chi connectivity index (χ3n) is 5.35. The van der Waals surface area contributed by atoms with Gasteiger partial charge < -0.3 is 24.9 Å². The molecule has 0 bridgehead atoms. The summed E-state index contributed by atoms with van der Waals surface area (Å²) in [5.74, 6) is -0.514. The number of halogens is 3. The van der Waals surface area contributed by atoms with Crippen molar-refractivity contribution in [3.63, 3.8) is 0 Å². The van der Waals surface area contributed by atoms with Crippen LogP contribution in [0, 0.1) is 0 Å². The molecule has 0 aliphatic heterocycles. The number of hydrogen-bond acceptors (Lipinski definition) is 7. The van der Waals surface area contributed by atoms with Crippen molar-refractivity contribution in [3.8, 4) is 11.5 Å². The number of nitrogens with two attached hydrogens (primary N) is 1. The van der Waals surface area contributed by atoms with E-state index in [0.29, 0.717) is 23.2 Å². The molecule has 3 N–H and O–H groups in total. The van der Waals surface area contributed by atoms with Crippen LogP contribution in [-0.2, 0) is 23.4 Å². The molecule has 4 rings (SSSR count). The minimum Gasteiger partial charge on any atom is -0.398 e. The third kappa shape index (κ3) is 5.14. The second-order valence-corrected chi connectivity index (χ2v) is 8.60. The summed E-state index contributed by atoms with van der Waals surface area (Å²) in [5.41, 5.74) is 6.39. The van der Waals surface area contributed by atoms with Crippen molar-refractivity contribution in [2.24, 2.45) is 0 Å². The second-order valence-electron chi connectivity index (χ2n) is 8.60. The molecule has 0 spiro atoms. The number of aromatic nitrogens is 5. The van der Waals surface area contributed by atoms with Crippen molar-refractivity contribution in [2.75, 3.05) is 19.5 Å². The number of fused-ring (bicyclic) bond motifs is 1. The summed E-state index contributed by atoms with van der Waals surface area (Å²) in [5, 5.41) is 11.1. The van der Waals surface area contributed by atoms with E-state index in [1.807, 2.05) is 13.8 Å². The first-order valence-electron chi connectivity index (χ1n) is 10.6. The maximum absolute atomic E-state index is 13.3. The predicted octanol–water partition coefficient (Wildman–Crippen LogP) is 3.34. The SMILES string of the molecule is COCC(C)(C)n1ccc(C(=O)NCc2nc(-c3cc4c(N)cccc4n3CC(F)(F)F)no2)n1. The first-order chi connectivity index (χ1) is 16.5. The van der Waals surface area contributed by atoms with Crippen molar-refractivity contribution >= 4 is 22.5 Å². The molecule has 0 atom stereocenters. The van der Waals surface area contributed by atoms with Gasteiger partial charge in [-0.05, 0) is 38.1 Å². The van der Waals surface area contributed by atoms with Crippen molar-refractivity contribution in [3.05, 3.63) is 48.1 Å². The van der Waals surface area contributed by atoms with Crippen LogP contribution in [0.3, 0.4) is 0 Å². The van der Waals surface area contributed by atoms with Gasteiger partial charge in [-0.3, -0.25) is 9.48 Å². The smallest absolute Gasteiger partial charge is 0.398 e. The minimum atomic E-state index is -4.48. The zero-order chi connectivity index (χ0) is 25.4. The fourth-order valence-corrected chi connectivity index (χ4v) is 3.72. The van der Waals surface area contributed by atoms with Gasteiger partial charge in [-0.15, -0.1) is 0 Å². The number of benzene rings is 1. The van der Waals surface area contributed by atoms with Crippen LogP contribution in [0.5, 0.6) is 0 Å². The molecule has 1 aromatic carbocycles. The van der Waals surface area contributed by atoms with Crippen LogP contribution < -0.4 is 11.1 Å². The van der Waals surface area contributed by atoms with Gasteiger partial charge in [0.25, 0.3) is 5.91 Å². The average Bonchev–Trinajstić information content (AvgIpc) is 3.51. The van der Waals surface area contributed by atoms with E-state index >= 15 is 0 Å². The number of nitrogens with zero attached hydrogens (tertiary/aromatic N) is 5. The highest BCUT2D eigenvalue weighted by Gasteiger charge is 2.31. The maximum atomic E-state index is 13.3. The normalized spacial score (nSPS) is 12.4. The first-order valence-corrected chi connectivity index (χ1v) is 10.6. The zero-order valence-electron chi connectivity index (χ0n) is 19.3. The van der Waals surface area contributed by atoms with Crippen LogP contribution in [0.25, 0.3) is 22.4 Å². The summed E-state index contributed by atoms with van der Waals surface area (Å²) in [7, 11) is 1.58. The van der Waals surface area contributed by atoms with Gasteiger partial charge in [0.05, 0.1) is 29.9 Å². The summed E-state index contributed by atoms with van der Waals surface area (Å²) < 4.78 is 52.8. The number of anilines is 1. The highest BCUT2D eigenvalue weighted by atomic mass is 19.4. The van der Waals surface area contributed by atoms with Gasteiger partial charge in [-0.25, -0.2) is 0 Å². The quantitative estimate of drug-likeness (QED) is 0.362. The molecule has 0 radical (unpaired) electrons. The van der Waals surface area contributed by atoms with Crippen molar-refractivity contribution < 1.29 is 27.2 Å². The molecule has 0 fully saturated rings. The molecule has 13 heteroatoms. The summed E-state index contributed by atoms with van der Waals surface area (Å²) >= 11 is 0. The van der Waals surface area contributed by atoms with Gasteiger partial charge in [-0.1, -0.05) is 11.2 Å². The molecule has 35 heavy (non-hydrogen) atoms. The molecule has 1 amide bonds. The van der Waals surface area contributed by atoms with Gasteiger partial charge >= 0.3 is 6.18 Å². The Bertz CT molecular complexity index is 1350. The van der Waals surface area contributed by atoms with E-state index in [1.54, 1.807) is 36.2 Å².